The number of amides is 1. The smallest absolute Gasteiger partial charge is 0.254 e. The third-order valence-corrected chi connectivity index (χ3v) is 3.11. The van der Waals surface area contributed by atoms with E-state index in [2.05, 4.69) is 13.8 Å². The van der Waals surface area contributed by atoms with Crippen LogP contribution in [0.25, 0.3) is 0 Å². The molecule has 2 nitrogen and oxygen atoms in total. The molecular formula is C15H22ClNO. The Morgan fingerprint density at radius 2 is 1.72 bits per heavy atom. The molecule has 1 rings (SSSR count). The average molecular weight is 268 g/mol. The second-order valence-corrected chi connectivity index (χ2v) is 5.54. The maximum atomic E-state index is 12.4. The first-order chi connectivity index (χ1) is 8.45. The number of rotatable bonds is 5. The number of carbonyl (C=O) groups is 1. The average Bonchev–Trinajstić information content (AvgIpc) is 2.34. The SMILES string of the molecule is CC(C)CN(C(=O)c1ccc(CCl)cc1)C(C)C. The molecule has 0 N–H and O–H groups in total. The highest BCUT2D eigenvalue weighted by molar-refractivity contribution is 6.17. The molecule has 1 aromatic rings. The summed E-state index contributed by atoms with van der Waals surface area (Å²) >= 11 is 5.75. The van der Waals surface area contributed by atoms with Crippen molar-refractivity contribution in [2.24, 2.45) is 5.92 Å². The zero-order valence-electron chi connectivity index (χ0n) is 11.6. The van der Waals surface area contributed by atoms with E-state index >= 15 is 0 Å². The Morgan fingerprint density at radius 1 is 1.17 bits per heavy atom. The molecule has 0 fully saturated rings. The highest BCUT2D eigenvalue weighted by Crippen LogP contribution is 2.13. The number of nitrogens with zero attached hydrogens (tertiary/aromatic N) is 1. The largest absolute Gasteiger partial charge is 0.336 e. The van der Waals surface area contributed by atoms with Gasteiger partial charge in [-0.15, -0.1) is 11.6 Å². The van der Waals surface area contributed by atoms with Crippen molar-refractivity contribution >= 4 is 17.5 Å². The van der Waals surface area contributed by atoms with Gasteiger partial charge in [-0.05, 0) is 37.5 Å². The van der Waals surface area contributed by atoms with E-state index in [0.29, 0.717) is 11.8 Å². The van der Waals surface area contributed by atoms with E-state index in [-0.39, 0.29) is 11.9 Å². The van der Waals surface area contributed by atoms with Crippen LogP contribution in [-0.2, 0) is 5.88 Å². The molecule has 0 atom stereocenters. The van der Waals surface area contributed by atoms with Gasteiger partial charge >= 0.3 is 0 Å². The molecule has 0 aliphatic carbocycles. The first-order valence-electron chi connectivity index (χ1n) is 6.41. The monoisotopic (exact) mass is 267 g/mol. The fraction of sp³-hybridized carbons (Fsp3) is 0.533. The van der Waals surface area contributed by atoms with Crippen molar-refractivity contribution in [3.05, 3.63) is 35.4 Å². The number of hydrogen-bond donors (Lipinski definition) is 0. The lowest BCUT2D eigenvalue weighted by Gasteiger charge is -2.28. The summed E-state index contributed by atoms with van der Waals surface area (Å²) in [5, 5.41) is 0. The molecule has 3 heteroatoms. The molecule has 0 aliphatic heterocycles. The molecule has 0 spiro atoms. The highest BCUT2D eigenvalue weighted by Gasteiger charge is 2.19. The molecule has 100 valence electrons. The molecule has 0 radical (unpaired) electrons. The molecule has 0 saturated carbocycles. The normalized spacial score (nSPS) is 11.1. The van der Waals surface area contributed by atoms with Gasteiger partial charge in [-0.3, -0.25) is 4.79 Å². The predicted molar refractivity (Wildman–Crippen MR) is 77.0 cm³/mol. The molecule has 0 saturated heterocycles. The zero-order chi connectivity index (χ0) is 13.7. The van der Waals surface area contributed by atoms with Gasteiger partial charge in [-0.25, -0.2) is 0 Å². The quantitative estimate of drug-likeness (QED) is 0.740. The molecule has 0 bridgehead atoms. The predicted octanol–water partition coefficient (Wildman–Crippen LogP) is 3.93. The molecule has 0 heterocycles. The second-order valence-electron chi connectivity index (χ2n) is 5.28. The van der Waals surface area contributed by atoms with Crippen LogP contribution < -0.4 is 0 Å². The van der Waals surface area contributed by atoms with Crippen LogP contribution in [0.15, 0.2) is 24.3 Å². The van der Waals surface area contributed by atoms with Crippen molar-refractivity contribution in [3.8, 4) is 0 Å². The lowest BCUT2D eigenvalue weighted by atomic mass is 10.1. The van der Waals surface area contributed by atoms with Gasteiger partial charge < -0.3 is 4.90 Å². The van der Waals surface area contributed by atoms with E-state index < -0.39 is 0 Å². The van der Waals surface area contributed by atoms with Crippen molar-refractivity contribution < 1.29 is 4.79 Å². The van der Waals surface area contributed by atoms with E-state index in [1.54, 1.807) is 0 Å². The summed E-state index contributed by atoms with van der Waals surface area (Å²) in [4.78, 5) is 14.3. The third kappa shape index (κ3) is 4.02. The Morgan fingerprint density at radius 3 is 2.11 bits per heavy atom. The van der Waals surface area contributed by atoms with Gasteiger partial charge in [0.25, 0.3) is 5.91 Å². The van der Waals surface area contributed by atoms with Crippen molar-refractivity contribution in [1.29, 1.82) is 0 Å². The summed E-state index contributed by atoms with van der Waals surface area (Å²) in [7, 11) is 0. The maximum absolute atomic E-state index is 12.4. The second kappa shape index (κ2) is 6.79. The van der Waals surface area contributed by atoms with Crippen LogP contribution in [0.2, 0.25) is 0 Å². The van der Waals surface area contributed by atoms with Crippen molar-refractivity contribution in [2.75, 3.05) is 6.54 Å². The number of benzene rings is 1. The van der Waals surface area contributed by atoms with Gasteiger partial charge in [-0.2, -0.15) is 0 Å². The number of halogens is 1. The molecule has 1 amide bonds. The van der Waals surface area contributed by atoms with Crippen molar-refractivity contribution in [3.63, 3.8) is 0 Å². The summed E-state index contributed by atoms with van der Waals surface area (Å²) in [6, 6.07) is 7.75. The Hall–Kier alpha value is -1.02. The minimum absolute atomic E-state index is 0.0971. The lowest BCUT2D eigenvalue weighted by molar-refractivity contribution is 0.0682. The fourth-order valence-corrected chi connectivity index (χ4v) is 2.00. The first-order valence-corrected chi connectivity index (χ1v) is 6.95. The Kier molecular flexibility index (Phi) is 5.67. The molecule has 0 unspecified atom stereocenters. The minimum Gasteiger partial charge on any atom is -0.336 e. The van der Waals surface area contributed by atoms with Crippen LogP contribution in [0.1, 0.15) is 43.6 Å². The van der Waals surface area contributed by atoms with Crippen LogP contribution >= 0.6 is 11.6 Å². The van der Waals surface area contributed by atoms with Crippen LogP contribution in [0, 0.1) is 5.92 Å². The molecule has 0 aliphatic rings. The molecular weight excluding hydrogens is 246 g/mol. The number of hydrogen-bond acceptors (Lipinski definition) is 1. The summed E-state index contributed by atoms with van der Waals surface area (Å²) in [5.74, 6) is 1.05. The number of alkyl halides is 1. The van der Waals surface area contributed by atoms with Gasteiger partial charge in [0.2, 0.25) is 0 Å². The zero-order valence-corrected chi connectivity index (χ0v) is 12.4. The Bertz CT molecular complexity index is 384. The minimum atomic E-state index is 0.0971. The molecule has 18 heavy (non-hydrogen) atoms. The van der Waals surface area contributed by atoms with Crippen LogP contribution in [0.3, 0.4) is 0 Å². The van der Waals surface area contributed by atoms with Gasteiger partial charge in [-0.1, -0.05) is 26.0 Å². The van der Waals surface area contributed by atoms with E-state index in [1.807, 2.05) is 43.0 Å². The van der Waals surface area contributed by atoms with Crippen LogP contribution in [-0.4, -0.2) is 23.4 Å². The van der Waals surface area contributed by atoms with E-state index in [4.69, 9.17) is 11.6 Å². The standard InChI is InChI=1S/C15H22ClNO/c1-11(2)10-17(12(3)4)15(18)14-7-5-13(9-16)6-8-14/h5-8,11-12H,9-10H2,1-4H3. The summed E-state index contributed by atoms with van der Waals surface area (Å²) in [6.45, 7) is 9.13. The summed E-state index contributed by atoms with van der Waals surface area (Å²) in [6.07, 6.45) is 0. The number of carbonyl (C=O) groups excluding carboxylic acids is 1. The first kappa shape index (κ1) is 15.0. The highest BCUT2D eigenvalue weighted by atomic mass is 35.5. The molecule has 0 aromatic heterocycles. The van der Waals surface area contributed by atoms with E-state index in [9.17, 15) is 4.79 Å². The Balaban J connectivity index is 2.87. The van der Waals surface area contributed by atoms with E-state index in [1.165, 1.54) is 0 Å². The summed E-state index contributed by atoms with van der Waals surface area (Å²) in [5.41, 5.74) is 1.77. The topological polar surface area (TPSA) is 20.3 Å². The lowest BCUT2D eigenvalue weighted by Crippen LogP contribution is -2.39. The third-order valence-electron chi connectivity index (χ3n) is 2.80. The molecule has 1 aromatic carbocycles. The van der Waals surface area contributed by atoms with Crippen molar-refractivity contribution in [1.82, 2.24) is 4.90 Å². The summed E-state index contributed by atoms with van der Waals surface area (Å²) < 4.78 is 0. The van der Waals surface area contributed by atoms with Gasteiger partial charge in [0.15, 0.2) is 0 Å². The van der Waals surface area contributed by atoms with Gasteiger partial charge in [0.05, 0.1) is 0 Å². The van der Waals surface area contributed by atoms with Gasteiger partial charge in [0, 0.05) is 24.0 Å². The van der Waals surface area contributed by atoms with Crippen molar-refractivity contribution in [2.45, 2.75) is 39.6 Å². The fourth-order valence-electron chi connectivity index (χ4n) is 1.82. The maximum Gasteiger partial charge on any atom is 0.254 e. The Labute approximate surface area is 115 Å². The van der Waals surface area contributed by atoms with Crippen LogP contribution in [0.5, 0.6) is 0 Å². The van der Waals surface area contributed by atoms with Crippen LogP contribution in [0.4, 0.5) is 0 Å². The van der Waals surface area contributed by atoms with Gasteiger partial charge in [0.1, 0.15) is 0 Å². The van der Waals surface area contributed by atoms with E-state index in [0.717, 1.165) is 17.7 Å².